The molecule has 1 aliphatic carbocycles. The highest BCUT2D eigenvalue weighted by Crippen LogP contribution is 2.52. The van der Waals surface area contributed by atoms with Gasteiger partial charge in [0.15, 0.2) is 0 Å². The largest absolute Gasteiger partial charge is 0.311 e. The number of rotatable bonds is 4. The Labute approximate surface area is 382 Å². The topological polar surface area (TPSA) is 6.48 Å². The van der Waals surface area contributed by atoms with Crippen LogP contribution in [0.1, 0.15) is 120 Å². The maximum absolute atomic E-state index is 9.14. The predicted octanol–water partition coefficient (Wildman–Crippen LogP) is 14.7. The lowest BCUT2D eigenvalue weighted by atomic mass is 9.33. The molecule has 0 N–H and O–H groups in total. The van der Waals surface area contributed by atoms with E-state index in [9.17, 15) is 0 Å². The molecule has 0 spiro atoms. The van der Waals surface area contributed by atoms with Gasteiger partial charge < -0.3 is 9.80 Å². The minimum atomic E-state index is -2.38. The van der Waals surface area contributed by atoms with Gasteiger partial charge in [0.1, 0.15) is 0 Å². The van der Waals surface area contributed by atoms with Gasteiger partial charge in [-0.25, -0.2) is 0 Å². The molecule has 0 saturated carbocycles. The van der Waals surface area contributed by atoms with Crippen LogP contribution in [0.15, 0.2) is 140 Å². The molecule has 0 atom stereocenters. The Morgan fingerprint density at radius 1 is 0.492 bits per heavy atom. The lowest BCUT2D eigenvalue weighted by Gasteiger charge is -2.48. The number of fused-ring (bicyclic) bond motifs is 5. The second-order valence-corrected chi connectivity index (χ2v) is 22.0. The fraction of sp³-hybridized carbons (Fsp3) is 0.300. The first-order valence-corrected chi connectivity index (χ1v) is 23.0. The highest BCUT2D eigenvalue weighted by Gasteiger charge is 2.47. The van der Waals surface area contributed by atoms with E-state index in [2.05, 4.69) is 213 Å². The summed E-state index contributed by atoms with van der Waals surface area (Å²) in [6, 6.07) is 51.1. The fourth-order valence-corrected chi connectivity index (χ4v) is 10.8. The Kier molecular flexibility index (Phi) is 8.60. The Morgan fingerprint density at radius 3 is 1.63 bits per heavy atom. The molecule has 0 radical (unpaired) electrons. The van der Waals surface area contributed by atoms with Gasteiger partial charge in [-0.2, -0.15) is 0 Å². The maximum Gasteiger partial charge on any atom is 0.252 e. The number of benzene rings is 7. The van der Waals surface area contributed by atoms with Crippen molar-refractivity contribution in [3.05, 3.63) is 173 Å². The summed E-state index contributed by atoms with van der Waals surface area (Å²) in [6.07, 6.45) is 2.19. The monoisotopic (exact) mass is 826 g/mol. The zero-order valence-corrected chi connectivity index (χ0v) is 39.2. The number of nitrogens with zero attached hydrogens (tertiary/aromatic N) is 2. The summed E-state index contributed by atoms with van der Waals surface area (Å²) in [5, 5.41) is 0. The number of aryl methyl sites for hydroxylation is 2. The first kappa shape index (κ1) is 37.7. The molecule has 7 aromatic carbocycles. The second-order valence-electron chi connectivity index (χ2n) is 22.0. The molecular formula is C60H63BN2. The van der Waals surface area contributed by atoms with Crippen LogP contribution in [-0.2, 0) is 21.7 Å². The highest BCUT2D eigenvalue weighted by molar-refractivity contribution is 7.00. The molecule has 3 aliphatic rings. The molecule has 63 heavy (non-hydrogen) atoms. The molecule has 0 bridgehead atoms. The minimum absolute atomic E-state index is 0.0295. The summed E-state index contributed by atoms with van der Waals surface area (Å²) in [5.41, 5.74) is 20.7. The SMILES string of the molecule is [2H]C([2H])([2H])c1cc2c3c(c1)N(c1ccc(C(C)(C)C)cc1-c1ccccc1)c1ccc(C(C)(C)C)cc1B3c1cc3c(cc1N2c1cc(-c2ccccc2)ccc1C)C(C)(C)CCC3(C)C. The van der Waals surface area contributed by atoms with Gasteiger partial charge in [-0.3, -0.25) is 0 Å². The summed E-state index contributed by atoms with van der Waals surface area (Å²) in [5.74, 6) is 0. The predicted molar refractivity (Wildman–Crippen MR) is 273 cm³/mol. The molecular weight excluding hydrogens is 759 g/mol. The Balaban J connectivity index is 1.38. The van der Waals surface area contributed by atoms with E-state index in [4.69, 9.17) is 4.11 Å². The molecule has 0 amide bonds. The quantitative estimate of drug-likeness (QED) is 0.163. The fourth-order valence-electron chi connectivity index (χ4n) is 10.8. The average molecular weight is 826 g/mol. The van der Waals surface area contributed by atoms with E-state index in [1.54, 1.807) is 0 Å². The molecule has 2 aliphatic heterocycles. The van der Waals surface area contributed by atoms with Gasteiger partial charge in [0.25, 0.3) is 6.71 Å². The normalized spacial score (nSPS) is 16.9. The first-order chi connectivity index (χ1) is 31.0. The molecule has 0 fully saturated rings. The van der Waals surface area contributed by atoms with Gasteiger partial charge in [0, 0.05) is 38.1 Å². The third kappa shape index (κ3) is 6.77. The summed E-state index contributed by atoms with van der Waals surface area (Å²) in [6.45, 7) is 23.0. The van der Waals surface area contributed by atoms with Gasteiger partial charge >= 0.3 is 0 Å². The van der Waals surface area contributed by atoms with E-state index < -0.39 is 6.85 Å². The summed E-state index contributed by atoms with van der Waals surface area (Å²) >= 11 is 0. The van der Waals surface area contributed by atoms with Crippen molar-refractivity contribution in [2.45, 2.75) is 118 Å². The molecule has 7 aromatic rings. The van der Waals surface area contributed by atoms with E-state index in [0.717, 1.165) is 80.2 Å². The zero-order chi connectivity index (χ0) is 46.9. The number of hydrogen-bond donors (Lipinski definition) is 0. The lowest BCUT2D eigenvalue weighted by Crippen LogP contribution is -2.62. The molecule has 0 aromatic heterocycles. The van der Waals surface area contributed by atoms with Gasteiger partial charge in [0.05, 0.1) is 5.69 Å². The minimum Gasteiger partial charge on any atom is -0.311 e. The van der Waals surface area contributed by atoms with Crippen LogP contribution in [0, 0.1) is 13.8 Å². The lowest BCUT2D eigenvalue weighted by molar-refractivity contribution is 0.332. The summed E-state index contributed by atoms with van der Waals surface area (Å²) in [4.78, 5) is 4.85. The first-order valence-electron chi connectivity index (χ1n) is 24.5. The third-order valence-electron chi connectivity index (χ3n) is 14.6. The molecule has 3 heteroatoms. The van der Waals surface area contributed by atoms with Gasteiger partial charge in [-0.15, -0.1) is 0 Å². The van der Waals surface area contributed by atoms with Crippen LogP contribution in [0.2, 0.25) is 0 Å². The van der Waals surface area contributed by atoms with E-state index in [-0.39, 0.29) is 28.4 Å². The maximum atomic E-state index is 9.14. The Bertz CT molecular complexity index is 3060. The van der Waals surface area contributed by atoms with Crippen molar-refractivity contribution in [1.82, 2.24) is 0 Å². The average Bonchev–Trinajstić information content (AvgIpc) is 3.27. The zero-order valence-electron chi connectivity index (χ0n) is 42.2. The summed E-state index contributed by atoms with van der Waals surface area (Å²) in [7, 11) is 0. The van der Waals surface area contributed by atoms with Gasteiger partial charge in [-0.1, -0.05) is 166 Å². The molecule has 0 unspecified atom stereocenters. The van der Waals surface area contributed by atoms with Crippen LogP contribution >= 0.6 is 0 Å². The summed E-state index contributed by atoms with van der Waals surface area (Å²) < 4.78 is 27.4. The van der Waals surface area contributed by atoms with Crippen LogP contribution < -0.4 is 26.2 Å². The molecule has 2 heterocycles. The Hall–Kier alpha value is -5.80. The third-order valence-corrected chi connectivity index (χ3v) is 14.6. The van der Waals surface area contributed by atoms with Crippen molar-refractivity contribution in [2.24, 2.45) is 0 Å². The van der Waals surface area contributed by atoms with Crippen molar-refractivity contribution in [3.63, 3.8) is 0 Å². The van der Waals surface area contributed by atoms with Crippen molar-refractivity contribution >= 4 is 57.2 Å². The highest BCUT2D eigenvalue weighted by atomic mass is 15.2. The van der Waals surface area contributed by atoms with Gasteiger partial charge in [0.2, 0.25) is 0 Å². The van der Waals surface area contributed by atoms with Crippen LogP contribution in [0.3, 0.4) is 0 Å². The van der Waals surface area contributed by atoms with Crippen LogP contribution in [0.25, 0.3) is 22.3 Å². The smallest absolute Gasteiger partial charge is 0.252 e. The van der Waals surface area contributed by atoms with Crippen molar-refractivity contribution in [1.29, 1.82) is 0 Å². The van der Waals surface area contributed by atoms with Crippen LogP contribution in [0.4, 0.5) is 34.1 Å². The van der Waals surface area contributed by atoms with Crippen molar-refractivity contribution in [3.8, 4) is 22.3 Å². The Morgan fingerprint density at radius 2 is 1.03 bits per heavy atom. The second kappa shape index (κ2) is 14.4. The van der Waals surface area contributed by atoms with Crippen LogP contribution in [-0.4, -0.2) is 6.71 Å². The van der Waals surface area contributed by atoms with Crippen molar-refractivity contribution in [2.75, 3.05) is 9.80 Å². The van der Waals surface area contributed by atoms with Crippen molar-refractivity contribution < 1.29 is 4.11 Å². The molecule has 10 rings (SSSR count). The molecule has 0 saturated heterocycles. The standard InChI is InChI=1S/C60H63BN2/c1-38-31-54-56-55(32-38)63(52-33-42(24-23-39(52)2)40-19-15-13-16-20-40)53-37-47-46(59(9,10)29-30-60(47,11)12)36-49(53)61(56)48-35-44(58(6,7)8)26-28-51(48)62(54)50-27-25-43(57(3,4)5)34-45(50)41-21-17-14-18-22-41/h13-28,31-37H,29-30H2,1-12H3/i1D3. The van der Waals surface area contributed by atoms with Crippen LogP contribution in [0.5, 0.6) is 0 Å². The molecule has 2 nitrogen and oxygen atoms in total. The van der Waals surface area contributed by atoms with Gasteiger partial charge in [-0.05, 0) is 157 Å². The van der Waals surface area contributed by atoms with E-state index in [1.165, 1.54) is 33.2 Å². The van der Waals surface area contributed by atoms with E-state index >= 15 is 0 Å². The van der Waals surface area contributed by atoms with E-state index in [1.807, 2.05) is 12.1 Å². The number of anilines is 6. The molecule has 316 valence electrons. The van der Waals surface area contributed by atoms with E-state index in [0.29, 0.717) is 5.56 Å². The number of hydrogen-bond acceptors (Lipinski definition) is 2.